The number of aromatic nitrogens is 1. The van der Waals surface area contributed by atoms with Gasteiger partial charge in [0.15, 0.2) is 12.4 Å². The lowest BCUT2D eigenvalue weighted by Crippen LogP contribution is -2.50. The van der Waals surface area contributed by atoms with E-state index in [-0.39, 0.29) is 22.9 Å². The molecule has 34 heavy (non-hydrogen) atoms. The van der Waals surface area contributed by atoms with Crippen LogP contribution in [0.15, 0.2) is 51.5 Å². The molecule has 0 spiro atoms. The lowest BCUT2D eigenvalue weighted by Gasteiger charge is -2.34. The third-order valence-corrected chi connectivity index (χ3v) is 4.99. The Kier molecular flexibility index (Phi) is 6.72. The van der Waals surface area contributed by atoms with Crippen molar-refractivity contribution < 1.29 is 36.7 Å². The number of hydrogen-bond donors (Lipinski definition) is 0. The van der Waals surface area contributed by atoms with Gasteiger partial charge in [-0.25, -0.2) is 4.79 Å². The number of halogens is 2. The predicted molar refractivity (Wildman–Crippen MR) is 111 cm³/mol. The number of alkyl halides is 2. The number of esters is 1. The van der Waals surface area contributed by atoms with Crippen LogP contribution in [0.5, 0.6) is 5.75 Å². The van der Waals surface area contributed by atoms with Gasteiger partial charge in [0.25, 0.3) is 11.8 Å². The summed E-state index contributed by atoms with van der Waals surface area (Å²) in [4.78, 5) is 32.1. The summed E-state index contributed by atoms with van der Waals surface area (Å²) in [5, 5.41) is 9.39. The number of amides is 1. The molecular formula is C22H18F2N4O6. The second-order valence-corrected chi connectivity index (χ2v) is 7.11. The fraction of sp³-hybridized carbons (Fsp3) is 0.273. The molecule has 2 aromatic heterocycles. The van der Waals surface area contributed by atoms with Crippen LogP contribution in [0.4, 0.5) is 14.7 Å². The molecule has 0 radical (unpaired) electrons. The first-order chi connectivity index (χ1) is 16.4. The van der Waals surface area contributed by atoms with Crippen molar-refractivity contribution in [3.63, 3.8) is 0 Å². The highest BCUT2D eigenvalue weighted by atomic mass is 19.3. The number of anilines is 1. The first-order valence-corrected chi connectivity index (χ1v) is 10.1. The highest BCUT2D eigenvalue weighted by molar-refractivity contribution is 5.91. The van der Waals surface area contributed by atoms with E-state index < -0.39 is 25.1 Å². The summed E-state index contributed by atoms with van der Waals surface area (Å²) >= 11 is 0. The molecule has 0 N–H and O–H groups in total. The van der Waals surface area contributed by atoms with Crippen molar-refractivity contribution in [3.8, 4) is 23.5 Å². The van der Waals surface area contributed by atoms with Gasteiger partial charge in [0.1, 0.15) is 11.8 Å². The van der Waals surface area contributed by atoms with Crippen LogP contribution in [0.25, 0.3) is 11.7 Å². The van der Waals surface area contributed by atoms with Crippen molar-refractivity contribution in [1.29, 1.82) is 5.26 Å². The molecule has 1 amide bonds. The molecule has 1 fully saturated rings. The number of nitriles is 1. The van der Waals surface area contributed by atoms with Crippen molar-refractivity contribution in [3.05, 3.63) is 53.9 Å². The van der Waals surface area contributed by atoms with Gasteiger partial charge < -0.3 is 28.1 Å². The third kappa shape index (κ3) is 5.15. The number of ether oxygens (including phenoxy) is 2. The normalized spacial score (nSPS) is 13.6. The minimum absolute atomic E-state index is 0.0162. The monoisotopic (exact) mass is 472 g/mol. The van der Waals surface area contributed by atoms with E-state index in [2.05, 4.69) is 9.72 Å². The number of furan rings is 1. The Morgan fingerprint density at radius 3 is 2.65 bits per heavy atom. The van der Waals surface area contributed by atoms with Crippen LogP contribution in [0.1, 0.15) is 16.1 Å². The summed E-state index contributed by atoms with van der Waals surface area (Å²) < 4.78 is 44.9. The smallest absolute Gasteiger partial charge is 0.387 e. The summed E-state index contributed by atoms with van der Waals surface area (Å²) in [7, 11) is 0. The number of nitrogens with zero attached hydrogens (tertiary/aromatic N) is 4. The molecule has 0 aliphatic carbocycles. The maximum atomic E-state index is 12.5. The minimum atomic E-state index is -3.02. The molecule has 0 saturated carbocycles. The highest BCUT2D eigenvalue weighted by Crippen LogP contribution is 2.29. The van der Waals surface area contributed by atoms with E-state index in [4.69, 9.17) is 13.6 Å². The molecule has 1 aromatic carbocycles. The number of hydrogen-bond acceptors (Lipinski definition) is 9. The highest BCUT2D eigenvalue weighted by Gasteiger charge is 2.27. The average molecular weight is 472 g/mol. The Morgan fingerprint density at radius 1 is 1.18 bits per heavy atom. The van der Waals surface area contributed by atoms with Gasteiger partial charge in [-0.15, -0.1) is 0 Å². The van der Waals surface area contributed by atoms with Gasteiger partial charge in [0, 0.05) is 26.2 Å². The molecule has 4 rings (SSSR count). The van der Waals surface area contributed by atoms with Gasteiger partial charge in [0.2, 0.25) is 11.6 Å². The van der Waals surface area contributed by atoms with Gasteiger partial charge in [-0.3, -0.25) is 4.79 Å². The zero-order chi connectivity index (χ0) is 24.1. The summed E-state index contributed by atoms with van der Waals surface area (Å²) in [6.45, 7) is -2.19. The molecule has 0 unspecified atom stereocenters. The van der Waals surface area contributed by atoms with Crippen molar-refractivity contribution in [2.75, 3.05) is 37.7 Å². The topological polar surface area (TPSA) is 122 Å². The number of carbonyl (C=O) groups excluding carboxylic acids is 2. The van der Waals surface area contributed by atoms with E-state index in [9.17, 15) is 23.6 Å². The van der Waals surface area contributed by atoms with Crippen molar-refractivity contribution in [1.82, 2.24) is 9.88 Å². The second-order valence-electron chi connectivity index (χ2n) is 7.11. The molecule has 10 nitrogen and oxygen atoms in total. The van der Waals surface area contributed by atoms with Crippen molar-refractivity contribution in [2.45, 2.75) is 6.61 Å². The SMILES string of the molecule is N#Cc1nc(-c2ccco2)oc1N1CCN(C(=O)COC(=O)c2cccc(OC(F)F)c2)CC1. The number of carbonyl (C=O) groups is 2. The summed E-state index contributed by atoms with van der Waals surface area (Å²) in [6.07, 6.45) is 1.47. The Bertz CT molecular complexity index is 1200. The van der Waals surface area contributed by atoms with Gasteiger partial charge in [-0.1, -0.05) is 6.07 Å². The molecule has 3 heterocycles. The van der Waals surface area contributed by atoms with Gasteiger partial charge in [-0.05, 0) is 30.3 Å². The van der Waals surface area contributed by atoms with Crippen LogP contribution < -0.4 is 9.64 Å². The number of piperazine rings is 1. The fourth-order valence-electron chi connectivity index (χ4n) is 3.36. The van der Waals surface area contributed by atoms with Crippen LogP contribution in [0.3, 0.4) is 0 Å². The number of oxazole rings is 1. The van der Waals surface area contributed by atoms with E-state index in [1.54, 1.807) is 17.0 Å². The van der Waals surface area contributed by atoms with E-state index in [0.29, 0.717) is 37.8 Å². The van der Waals surface area contributed by atoms with Crippen LogP contribution in [0, 0.1) is 11.3 Å². The number of rotatable bonds is 7. The molecule has 176 valence electrons. The van der Waals surface area contributed by atoms with Crippen LogP contribution in [0.2, 0.25) is 0 Å². The summed E-state index contributed by atoms with van der Waals surface area (Å²) in [5.41, 5.74) is 0.0932. The summed E-state index contributed by atoms with van der Waals surface area (Å²) in [5.74, 6) is -0.570. The Labute approximate surface area is 191 Å². The molecular weight excluding hydrogens is 454 g/mol. The predicted octanol–water partition coefficient (Wildman–Crippen LogP) is 2.91. The lowest BCUT2D eigenvalue weighted by atomic mass is 10.2. The molecule has 3 aromatic rings. The van der Waals surface area contributed by atoms with E-state index in [1.165, 1.54) is 29.4 Å². The molecule has 1 aliphatic rings. The van der Waals surface area contributed by atoms with E-state index >= 15 is 0 Å². The number of benzene rings is 1. The quantitative estimate of drug-likeness (QED) is 0.478. The van der Waals surface area contributed by atoms with Crippen molar-refractivity contribution >= 4 is 17.8 Å². The largest absolute Gasteiger partial charge is 0.459 e. The van der Waals surface area contributed by atoms with Crippen LogP contribution >= 0.6 is 0 Å². The second kappa shape index (κ2) is 10.0. The Hall–Kier alpha value is -4.40. The zero-order valence-corrected chi connectivity index (χ0v) is 17.6. The molecule has 0 bridgehead atoms. The Morgan fingerprint density at radius 2 is 1.97 bits per heavy atom. The Balaban J connectivity index is 1.30. The van der Waals surface area contributed by atoms with Gasteiger partial charge in [-0.2, -0.15) is 19.0 Å². The fourth-order valence-corrected chi connectivity index (χ4v) is 3.36. The maximum Gasteiger partial charge on any atom is 0.387 e. The average Bonchev–Trinajstić information content (AvgIpc) is 3.52. The van der Waals surface area contributed by atoms with Crippen LogP contribution in [-0.4, -0.2) is 61.2 Å². The van der Waals surface area contributed by atoms with Crippen LogP contribution in [-0.2, 0) is 9.53 Å². The molecule has 12 heteroatoms. The maximum absolute atomic E-state index is 12.5. The van der Waals surface area contributed by atoms with E-state index in [0.717, 1.165) is 6.07 Å². The standard InChI is InChI=1S/C22H18F2N4O6/c23-22(24)33-15-4-1-3-14(11-15)21(30)32-13-18(29)27-6-8-28(9-7-27)20-16(12-25)26-19(34-20)17-5-2-10-31-17/h1-5,10-11,22H,6-9,13H2. The molecule has 1 saturated heterocycles. The first-order valence-electron chi connectivity index (χ1n) is 10.1. The summed E-state index contributed by atoms with van der Waals surface area (Å²) in [6, 6.07) is 10.5. The minimum Gasteiger partial charge on any atom is -0.459 e. The van der Waals surface area contributed by atoms with E-state index in [1.807, 2.05) is 6.07 Å². The molecule has 0 atom stereocenters. The zero-order valence-electron chi connectivity index (χ0n) is 17.6. The lowest BCUT2D eigenvalue weighted by molar-refractivity contribution is -0.134. The van der Waals surface area contributed by atoms with Crippen molar-refractivity contribution in [2.24, 2.45) is 0 Å². The first kappa shape index (κ1) is 22.8. The molecule has 1 aliphatic heterocycles. The third-order valence-electron chi connectivity index (χ3n) is 4.99. The van der Waals surface area contributed by atoms with Gasteiger partial charge >= 0.3 is 12.6 Å². The van der Waals surface area contributed by atoms with Gasteiger partial charge in [0.05, 0.1) is 11.8 Å².